The molecular weight excluding hydrogens is 659 g/mol. The second kappa shape index (κ2) is 15.5. The van der Waals surface area contributed by atoms with Crippen molar-refractivity contribution in [3.8, 4) is 11.1 Å². The number of thioether (sulfide) groups is 1. The van der Waals surface area contributed by atoms with Gasteiger partial charge in [0.1, 0.15) is 0 Å². The largest absolute Gasteiger partial charge is 0.478 e. The summed E-state index contributed by atoms with van der Waals surface area (Å²) in [5.41, 5.74) is 5.48. The molecule has 5 aromatic carbocycles. The smallest absolute Gasteiger partial charge is 0.336 e. The van der Waals surface area contributed by atoms with Crippen LogP contribution in [0.4, 0.5) is 0 Å². The van der Waals surface area contributed by atoms with Crippen LogP contribution in [0.2, 0.25) is 0 Å². The van der Waals surface area contributed by atoms with E-state index in [9.17, 15) is 23.4 Å². The van der Waals surface area contributed by atoms with Gasteiger partial charge in [-0.15, -0.1) is 11.8 Å². The van der Waals surface area contributed by atoms with E-state index in [1.165, 1.54) is 11.8 Å². The van der Waals surface area contributed by atoms with Crippen LogP contribution in [0.25, 0.3) is 11.1 Å². The van der Waals surface area contributed by atoms with Crippen LogP contribution in [-0.2, 0) is 32.6 Å². The molecule has 1 heterocycles. The maximum absolute atomic E-state index is 12.9. The summed E-state index contributed by atoms with van der Waals surface area (Å²) in [5.74, 6) is -0.522. The monoisotopic (exact) mass is 695 g/mol. The normalized spacial score (nSPS) is 19.4. The number of sulfonamides is 1. The minimum Gasteiger partial charge on any atom is -0.478 e. The zero-order chi connectivity index (χ0) is 34.4. The number of carboxylic acids is 1. The van der Waals surface area contributed by atoms with Crippen LogP contribution in [0.3, 0.4) is 0 Å². The molecule has 0 aromatic heterocycles. The Labute approximate surface area is 290 Å². The number of benzene rings is 5. The number of carboxylic acid groups (broad SMARTS) is 1. The highest BCUT2D eigenvalue weighted by Gasteiger charge is 2.38. The standard InChI is InChI=1S/C39H37NO7S2/c1-26-35(25-48-36-14-8-7-13-34(36)38(42)43)46-39(47-37(26)29-17-15-27(24-41)16-18-29)30-21-19-28(20-22-30)33-12-6-5-9-31(33)23-40-49(44,45)32-10-3-2-4-11-32/h2-22,26,35,37,39-41H,23-25H2,1H3,(H,42,43)/t26-,35+,37+,39+/m0/s1. The highest BCUT2D eigenvalue weighted by Crippen LogP contribution is 2.43. The maximum Gasteiger partial charge on any atom is 0.336 e. The van der Waals surface area contributed by atoms with E-state index < -0.39 is 22.3 Å². The van der Waals surface area contributed by atoms with Gasteiger partial charge in [0.05, 0.1) is 29.3 Å². The van der Waals surface area contributed by atoms with Gasteiger partial charge in [-0.2, -0.15) is 0 Å². The molecule has 1 aliphatic heterocycles. The number of nitrogens with one attached hydrogen (secondary N) is 1. The van der Waals surface area contributed by atoms with E-state index in [0.29, 0.717) is 10.6 Å². The summed E-state index contributed by atoms with van der Waals surface area (Å²) in [6.07, 6.45) is -1.28. The topological polar surface area (TPSA) is 122 Å². The van der Waals surface area contributed by atoms with Crippen molar-refractivity contribution in [3.05, 3.63) is 155 Å². The second-order valence-electron chi connectivity index (χ2n) is 11.9. The van der Waals surface area contributed by atoms with Gasteiger partial charge in [0.25, 0.3) is 0 Å². The first kappa shape index (κ1) is 34.6. The van der Waals surface area contributed by atoms with Crippen molar-refractivity contribution >= 4 is 27.8 Å². The van der Waals surface area contributed by atoms with Crippen molar-refractivity contribution in [1.82, 2.24) is 4.72 Å². The van der Waals surface area contributed by atoms with Crippen LogP contribution >= 0.6 is 11.8 Å². The molecule has 0 bridgehead atoms. The zero-order valence-electron chi connectivity index (χ0n) is 26.8. The van der Waals surface area contributed by atoms with Crippen LogP contribution in [0.15, 0.2) is 137 Å². The molecule has 6 rings (SSSR count). The molecule has 10 heteroatoms. The molecule has 0 amide bonds. The lowest BCUT2D eigenvalue weighted by atomic mass is 9.91. The zero-order valence-corrected chi connectivity index (χ0v) is 28.4. The summed E-state index contributed by atoms with van der Waals surface area (Å²) in [6, 6.07) is 38.5. The fraction of sp³-hybridized carbons (Fsp3) is 0.205. The third-order valence-corrected chi connectivity index (χ3v) is 11.2. The van der Waals surface area contributed by atoms with Crippen LogP contribution < -0.4 is 4.72 Å². The van der Waals surface area contributed by atoms with Gasteiger partial charge >= 0.3 is 5.97 Å². The van der Waals surface area contributed by atoms with Crippen molar-refractivity contribution in [3.63, 3.8) is 0 Å². The number of rotatable bonds is 12. The average molecular weight is 696 g/mol. The summed E-state index contributed by atoms with van der Waals surface area (Å²) in [5, 5.41) is 19.3. The highest BCUT2D eigenvalue weighted by atomic mass is 32.2. The molecule has 1 aliphatic rings. The lowest BCUT2D eigenvalue weighted by Crippen LogP contribution is -2.38. The van der Waals surface area contributed by atoms with E-state index in [4.69, 9.17) is 9.47 Å². The highest BCUT2D eigenvalue weighted by molar-refractivity contribution is 7.99. The molecule has 0 saturated carbocycles. The summed E-state index contributed by atoms with van der Waals surface area (Å²) < 4.78 is 41.7. The van der Waals surface area contributed by atoms with Crippen LogP contribution in [0.1, 0.15) is 51.9 Å². The molecule has 4 atom stereocenters. The molecular formula is C39H37NO7S2. The van der Waals surface area contributed by atoms with Gasteiger partial charge in [-0.3, -0.25) is 0 Å². The van der Waals surface area contributed by atoms with Gasteiger partial charge in [-0.05, 0) is 52.1 Å². The summed E-state index contributed by atoms with van der Waals surface area (Å²) in [4.78, 5) is 12.7. The number of hydrogen-bond donors (Lipinski definition) is 3. The maximum atomic E-state index is 12.9. The summed E-state index contributed by atoms with van der Waals surface area (Å²) >= 11 is 1.45. The average Bonchev–Trinajstić information content (AvgIpc) is 3.14. The molecule has 5 aromatic rings. The summed E-state index contributed by atoms with van der Waals surface area (Å²) in [7, 11) is -3.68. The Morgan fingerprint density at radius 2 is 1.45 bits per heavy atom. The van der Waals surface area contributed by atoms with Gasteiger partial charge in [0, 0.05) is 28.7 Å². The Morgan fingerprint density at radius 3 is 2.16 bits per heavy atom. The van der Waals surface area contributed by atoms with Crippen molar-refractivity contribution in [2.45, 2.75) is 48.4 Å². The number of aromatic carboxylic acids is 1. The first-order valence-corrected chi connectivity index (χ1v) is 18.4. The first-order chi connectivity index (χ1) is 23.7. The SMILES string of the molecule is C[C@H]1[C@@H](CSc2ccccc2C(=O)O)O[C@@H](c2ccc(-c3ccccc3CNS(=O)(=O)c3ccccc3)cc2)O[C@H]1c1ccc(CO)cc1. The van der Waals surface area contributed by atoms with Crippen LogP contribution in [0, 0.1) is 5.92 Å². The Bertz CT molecular complexity index is 1980. The lowest BCUT2D eigenvalue weighted by molar-refractivity contribution is -0.268. The van der Waals surface area contributed by atoms with Gasteiger partial charge in [-0.1, -0.05) is 110 Å². The minimum absolute atomic E-state index is 0.0519. The molecule has 3 N–H and O–H groups in total. The molecule has 1 fully saturated rings. The molecule has 1 saturated heterocycles. The van der Waals surface area contributed by atoms with Crippen molar-refractivity contribution in [2.75, 3.05) is 5.75 Å². The van der Waals surface area contributed by atoms with Crippen molar-refractivity contribution < 1.29 is 32.9 Å². The number of hydrogen-bond acceptors (Lipinski definition) is 7. The number of carbonyl (C=O) groups is 1. The first-order valence-electron chi connectivity index (χ1n) is 15.9. The van der Waals surface area contributed by atoms with Crippen LogP contribution in [0.5, 0.6) is 0 Å². The summed E-state index contributed by atoms with van der Waals surface area (Å²) in [6.45, 7) is 2.15. The fourth-order valence-corrected chi connectivity index (χ4v) is 8.12. The molecule has 0 spiro atoms. The van der Waals surface area contributed by atoms with E-state index in [0.717, 1.165) is 33.4 Å². The van der Waals surface area contributed by atoms with E-state index in [2.05, 4.69) is 11.6 Å². The molecule has 8 nitrogen and oxygen atoms in total. The van der Waals surface area contributed by atoms with E-state index in [1.807, 2.05) is 84.9 Å². The Kier molecular flexibility index (Phi) is 10.9. The number of aliphatic hydroxyl groups is 1. The van der Waals surface area contributed by atoms with Crippen molar-refractivity contribution in [2.24, 2.45) is 5.92 Å². The predicted molar refractivity (Wildman–Crippen MR) is 189 cm³/mol. The predicted octanol–water partition coefficient (Wildman–Crippen LogP) is 7.61. The Morgan fingerprint density at radius 1 is 0.796 bits per heavy atom. The molecule has 49 heavy (non-hydrogen) atoms. The quantitative estimate of drug-likeness (QED) is 0.114. The molecule has 252 valence electrons. The molecule has 0 unspecified atom stereocenters. The third-order valence-electron chi connectivity index (χ3n) is 8.66. The second-order valence-corrected chi connectivity index (χ2v) is 14.7. The Balaban J connectivity index is 1.23. The number of ether oxygens (including phenoxy) is 2. The van der Waals surface area contributed by atoms with Crippen LogP contribution in [-0.4, -0.2) is 36.5 Å². The van der Waals surface area contributed by atoms with Crippen molar-refractivity contribution in [1.29, 1.82) is 0 Å². The minimum atomic E-state index is -3.68. The number of aliphatic hydroxyl groups excluding tert-OH is 1. The van der Waals surface area contributed by atoms with E-state index in [1.54, 1.807) is 42.5 Å². The lowest BCUT2D eigenvalue weighted by Gasteiger charge is -2.41. The van der Waals surface area contributed by atoms with Gasteiger partial charge in [0.2, 0.25) is 10.0 Å². The third kappa shape index (κ3) is 8.13. The molecule has 0 radical (unpaired) electrons. The van der Waals surface area contributed by atoms with Gasteiger partial charge in [0.15, 0.2) is 6.29 Å². The van der Waals surface area contributed by atoms with E-state index in [-0.39, 0.29) is 41.7 Å². The fourth-order valence-electron chi connectivity index (χ4n) is 5.88. The van der Waals surface area contributed by atoms with E-state index >= 15 is 0 Å². The van der Waals surface area contributed by atoms with Gasteiger partial charge < -0.3 is 19.7 Å². The Hall–Kier alpha value is -4.29. The molecule has 0 aliphatic carbocycles. The van der Waals surface area contributed by atoms with Gasteiger partial charge in [-0.25, -0.2) is 17.9 Å².